The van der Waals surface area contributed by atoms with Gasteiger partial charge in [0, 0.05) is 18.5 Å². The van der Waals surface area contributed by atoms with E-state index in [1.807, 2.05) is 0 Å². The van der Waals surface area contributed by atoms with Crippen LogP contribution in [0.4, 0.5) is 0 Å². The number of carbonyl (C=O) groups is 2. The molecular weight excluding hydrogens is 436 g/mol. The normalized spacial score (nSPS) is 10.9. The first kappa shape index (κ1) is 26.1. The van der Waals surface area contributed by atoms with Crippen molar-refractivity contribution in [2.45, 2.75) is 46.1 Å². The summed E-state index contributed by atoms with van der Waals surface area (Å²) in [7, 11) is 1.50. The summed E-state index contributed by atoms with van der Waals surface area (Å²) >= 11 is 4.92. The standard InChI is InChI=1S/C26H32N2O4S/c1-18(2)8-6-4-5-7-9-24(29)28-17-19-10-15-22(23(16-19)31-3)32-26(30)21-13-11-20(12-14-21)25(27)33/h6,8,10-16,18H,4-5,7,9,17H2,1-3H3,(H2,27,33)(H,28,29)/b8-6+. The van der Waals surface area contributed by atoms with Crippen LogP contribution < -0.4 is 20.5 Å². The Morgan fingerprint density at radius 2 is 1.76 bits per heavy atom. The molecule has 0 saturated carbocycles. The number of nitrogens with two attached hydrogens (primary N) is 1. The molecule has 3 N–H and O–H groups in total. The predicted molar refractivity (Wildman–Crippen MR) is 135 cm³/mol. The molecule has 0 saturated heterocycles. The lowest BCUT2D eigenvalue weighted by Gasteiger charge is -2.12. The van der Waals surface area contributed by atoms with Gasteiger partial charge in [-0.3, -0.25) is 4.79 Å². The summed E-state index contributed by atoms with van der Waals surface area (Å²) in [5.74, 6) is 0.754. The van der Waals surface area contributed by atoms with E-state index in [4.69, 9.17) is 27.4 Å². The zero-order valence-corrected chi connectivity index (χ0v) is 20.2. The minimum atomic E-state index is -0.521. The van der Waals surface area contributed by atoms with E-state index in [-0.39, 0.29) is 10.9 Å². The molecule has 2 aromatic rings. The van der Waals surface area contributed by atoms with Gasteiger partial charge in [0.15, 0.2) is 11.5 Å². The Morgan fingerprint density at radius 1 is 1.06 bits per heavy atom. The molecule has 0 aromatic heterocycles. The predicted octanol–water partition coefficient (Wildman–Crippen LogP) is 4.94. The smallest absolute Gasteiger partial charge is 0.343 e. The SMILES string of the molecule is COc1cc(CNC(=O)CCCC/C=C/C(C)C)ccc1OC(=O)c1ccc(C(N)=S)cc1. The Hall–Kier alpha value is -3.19. The van der Waals surface area contributed by atoms with Crippen LogP contribution in [0.15, 0.2) is 54.6 Å². The third-order valence-corrected chi connectivity index (χ3v) is 5.11. The van der Waals surface area contributed by atoms with Gasteiger partial charge in [-0.25, -0.2) is 4.79 Å². The first-order chi connectivity index (χ1) is 15.8. The third kappa shape index (κ3) is 9.06. The maximum atomic E-state index is 12.5. The van der Waals surface area contributed by atoms with E-state index in [2.05, 4.69) is 31.3 Å². The first-order valence-corrected chi connectivity index (χ1v) is 11.4. The molecule has 7 heteroatoms. The number of unbranched alkanes of at least 4 members (excludes halogenated alkanes) is 2. The van der Waals surface area contributed by atoms with E-state index in [0.717, 1.165) is 24.8 Å². The van der Waals surface area contributed by atoms with E-state index < -0.39 is 5.97 Å². The average Bonchev–Trinajstić information content (AvgIpc) is 2.80. The van der Waals surface area contributed by atoms with Crippen molar-refractivity contribution in [1.82, 2.24) is 5.32 Å². The van der Waals surface area contributed by atoms with Gasteiger partial charge in [-0.1, -0.05) is 56.4 Å². The minimum Gasteiger partial charge on any atom is -0.493 e. The second kappa shape index (κ2) is 13.4. The van der Waals surface area contributed by atoms with Crippen molar-refractivity contribution < 1.29 is 19.1 Å². The Morgan fingerprint density at radius 3 is 2.39 bits per heavy atom. The molecule has 0 aliphatic carbocycles. The number of carbonyl (C=O) groups excluding carboxylic acids is 2. The second-order valence-electron chi connectivity index (χ2n) is 8.01. The van der Waals surface area contributed by atoms with E-state index in [9.17, 15) is 9.59 Å². The highest BCUT2D eigenvalue weighted by atomic mass is 32.1. The molecule has 6 nitrogen and oxygen atoms in total. The topological polar surface area (TPSA) is 90.6 Å². The zero-order valence-electron chi connectivity index (χ0n) is 19.4. The molecule has 2 rings (SSSR count). The number of rotatable bonds is 12. The number of methoxy groups -OCH3 is 1. The van der Waals surface area contributed by atoms with Crippen molar-refractivity contribution >= 4 is 29.1 Å². The largest absolute Gasteiger partial charge is 0.493 e. The van der Waals surface area contributed by atoms with Crippen LogP contribution in [0.1, 0.15) is 61.0 Å². The van der Waals surface area contributed by atoms with E-state index in [1.54, 1.807) is 42.5 Å². The van der Waals surface area contributed by atoms with Crippen LogP contribution in [0.5, 0.6) is 11.5 Å². The van der Waals surface area contributed by atoms with Crippen LogP contribution in [0.3, 0.4) is 0 Å². The summed E-state index contributed by atoms with van der Waals surface area (Å²) in [6.07, 6.45) is 7.69. The molecule has 0 heterocycles. The molecule has 0 bridgehead atoms. The molecule has 0 fully saturated rings. The molecule has 2 aromatic carbocycles. The van der Waals surface area contributed by atoms with Gasteiger partial charge in [-0.15, -0.1) is 0 Å². The van der Waals surface area contributed by atoms with Crippen LogP contribution in [0.2, 0.25) is 0 Å². The number of thiocarbonyl (C=S) groups is 1. The Balaban J connectivity index is 1.86. The van der Waals surface area contributed by atoms with Crippen LogP contribution in [-0.2, 0) is 11.3 Å². The molecule has 33 heavy (non-hydrogen) atoms. The molecule has 0 atom stereocenters. The fourth-order valence-electron chi connectivity index (χ4n) is 3.04. The van der Waals surface area contributed by atoms with Crippen molar-refractivity contribution in [2.24, 2.45) is 11.7 Å². The van der Waals surface area contributed by atoms with E-state index in [0.29, 0.717) is 41.5 Å². The summed E-state index contributed by atoms with van der Waals surface area (Å²) in [6, 6.07) is 11.7. The van der Waals surface area contributed by atoms with Gasteiger partial charge in [0.1, 0.15) is 4.99 Å². The van der Waals surface area contributed by atoms with Crippen molar-refractivity contribution in [2.75, 3.05) is 7.11 Å². The average molecular weight is 469 g/mol. The first-order valence-electron chi connectivity index (χ1n) is 11.0. The van der Waals surface area contributed by atoms with Crippen molar-refractivity contribution in [3.8, 4) is 11.5 Å². The highest BCUT2D eigenvalue weighted by molar-refractivity contribution is 7.80. The third-order valence-electron chi connectivity index (χ3n) is 4.87. The summed E-state index contributed by atoms with van der Waals surface area (Å²) < 4.78 is 10.9. The molecule has 176 valence electrons. The van der Waals surface area contributed by atoms with Crippen molar-refractivity contribution in [3.63, 3.8) is 0 Å². The van der Waals surface area contributed by atoms with Gasteiger partial charge >= 0.3 is 5.97 Å². The summed E-state index contributed by atoms with van der Waals surface area (Å²) in [5, 5.41) is 2.92. The molecule has 0 aliphatic rings. The summed E-state index contributed by atoms with van der Waals surface area (Å²) in [4.78, 5) is 24.8. The maximum absolute atomic E-state index is 12.5. The lowest BCUT2D eigenvalue weighted by molar-refractivity contribution is -0.121. The molecule has 0 radical (unpaired) electrons. The van der Waals surface area contributed by atoms with E-state index in [1.165, 1.54) is 7.11 Å². The quantitative estimate of drug-likeness (QED) is 0.151. The fraction of sp³-hybridized carbons (Fsp3) is 0.346. The lowest BCUT2D eigenvalue weighted by Crippen LogP contribution is -2.22. The number of ether oxygens (including phenoxy) is 2. The van der Waals surface area contributed by atoms with E-state index >= 15 is 0 Å². The number of hydrogen-bond donors (Lipinski definition) is 2. The number of nitrogens with one attached hydrogen (secondary N) is 1. The molecular formula is C26H32N2O4S. The van der Waals surface area contributed by atoms with Crippen LogP contribution in [0, 0.1) is 5.92 Å². The number of esters is 1. The summed E-state index contributed by atoms with van der Waals surface area (Å²) in [6.45, 7) is 4.66. The van der Waals surface area contributed by atoms with Gasteiger partial charge in [-0.2, -0.15) is 0 Å². The van der Waals surface area contributed by atoms with Crippen molar-refractivity contribution in [3.05, 3.63) is 71.3 Å². The van der Waals surface area contributed by atoms with Crippen LogP contribution in [0.25, 0.3) is 0 Å². The molecule has 0 unspecified atom stereocenters. The highest BCUT2D eigenvalue weighted by Gasteiger charge is 2.14. The Kier molecular flexibility index (Phi) is 10.6. The molecule has 0 spiro atoms. The lowest BCUT2D eigenvalue weighted by atomic mass is 10.1. The number of hydrogen-bond acceptors (Lipinski definition) is 5. The molecule has 1 amide bonds. The van der Waals surface area contributed by atoms with Crippen molar-refractivity contribution in [1.29, 1.82) is 0 Å². The van der Waals surface area contributed by atoms with Gasteiger partial charge in [0.2, 0.25) is 5.91 Å². The molecule has 0 aliphatic heterocycles. The highest BCUT2D eigenvalue weighted by Crippen LogP contribution is 2.29. The minimum absolute atomic E-state index is 0.0118. The number of allylic oxidation sites excluding steroid dienone is 2. The second-order valence-corrected chi connectivity index (χ2v) is 8.45. The number of benzene rings is 2. The van der Waals surface area contributed by atoms with Gasteiger partial charge in [0.05, 0.1) is 12.7 Å². The van der Waals surface area contributed by atoms with Gasteiger partial charge in [0.25, 0.3) is 0 Å². The Bertz CT molecular complexity index is 984. The van der Waals surface area contributed by atoms with Crippen LogP contribution >= 0.6 is 12.2 Å². The fourth-order valence-corrected chi connectivity index (χ4v) is 3.18. The van der Waals surface area contributed by atoms with Gasteiger partial charge in [-0.05, 0) is 55.0 Å². The zero-order chi connectivity index (χ0) is 24.2. The Labute approximate surface area is 201 Å². The maximum Gasteiger partial charge on any atom is 0.343 e. The number of amides is 1. The summed E-state index contributed by atoms with van der Waals surface area (Å²) in [5.41, 5.74) is 7.47. The monoisotopic (exact) mass is 468 g/mol. The van der Waals surface area contributed by atoms with Crippen LogP contribution in [-0.4, -0.2) is 24.0 Å². The van der Waals surface area contributed by atoms with Gasteiger partial charge < -0.3 is 20.5 Å².